The standard InChI is InChI=1S/C21H18O9/c22-8-16-18(25)19(26)20(27)21(30-16)29-12-5-6-13-15(7-12)28-9-14(17(13)24)10-1-3-11(23)4-2-10/h1-7,9,16,20-23,25-27H,8H2/t16?,20?,21-/m1/s1. The molecule has 0 saturated heterocycles. The van der Waals surface area contributed by atoms with Crippen LogP contribution in [0.2, 0.25) is 0 Å². The van der Waals surface area contributed by atoms with Gasteiger partial charge >= 0.3 is 0 Å². The van der Waals surface area contributed by atoms with E-state index >= 15 is 0 Å². The van der Waals surface area contributed by atoms with Crippen LogP contribution in [0, 0.1) is 0 Å². The third-order valence-electron chi connectivity index (χ3n) is 4.75. The molecule has 1 aromatic heterocycles. The van der Waals surface area contributed by atoms with Gasteiger partial charge in [0, 0.05) is 6.07 Å². The van der Waals surface area contributed by atoms with Crippen LogP contribution in [0.25, 0.3) is 22.1 Å². The van der Waals surface area contributed by atoms with Crippen molar-refractivity contribution in [3.8, 4) is 22.6 Å². The van der Waals surface area contributed by atoms with Crippen LogP contribution in [0.15, 0.2) is 69.5 Å². The molecular formula is C21H18O9. The number of hydrogen-bond acceptors (Lipinski definition) is 9. The minimum absolute atomic E-state index is 0.0791. The number of aromatic hydroxyl groups is 1. The fourth-order valence-corrected chi connectivity index (χ4v) is 3.12. The van der Waals surface area contributed by atoms with Gasteiger partial charge in [-0.15, -0.1) is 0 Å². The lowest BCUT2D eigenvalue weighted by atomic mass is 10.1. The number of aliphatic hydroxyl groups is 4. The van der Waals surface area contributed by atoms with Crippen molar-refractivity contribution in [3.05, 3.63) is 70.5 Å². The Morgan fingerprint density at radius 3 is 2.43 bits per heavy atom. The lowest BCUT2D eigenvalue weighted by Crippen LogP contribution is -2.45. The highest BCUT2D eigenvalue weighted by atomic mass is 16.7. The van der Waals surface area contributed by atoms with Crippen molar-refractivity contribution < 1.29 is 39.4 Å². The molecule has 0 amide bonds. The summed E-state index contributed by atoms with van der Waals surface area (Å²) >= 11 is 0. The maximum Gasteiger partial charge on any atom is 0.234 e. The lowest BCUT2D eigenvalue weighted by molar-refractivity contribution is -0.192. The summed E-state index contributed by atoms with van der Waals surface area (Å²) in [6, 6.07) is 10.5. The normalized spacial score (nSPS) is 21.7. The summed E-state index contributed by atoms with van der Waals surface area (Å²) in [6.07, 6.45) is -3.03. The molecule has 0 fully saturated rings. The first-order chi connectivity index (χ1) is 14.4. The average Bonchev–Trinajstić information content (AvgIpc) is 2.75. The van der Waals surface area contributed by atoms with Gasteiger partial charge in [0.2, 0.25) is 6.29 Å². The van der Waals surface area contributed by atoms with Gasteiger partial charge in [-0.3, -0.25) is 4.79 Å². The van der Waals surface area contributed by atoms with Crippen LogP contribution in [-0.4, -0.2) is 50.6 Å². The van der Waals surface area contributed by atoms with E-state index in [9.17, 15) is 30.3 Å². The minimum atomic E-state index is -1.67. The lowest BCUT2D eigenvalue weighted by Gasteiger charge is -2.32. The van der Waals surface area contributed by atoms with E-state index in [1.807, 2.05) is 0 Å². The maximum atomic E-state index is 12.8. The van der Waals surface area contributed by atoms with Crippen molar-refractivity contribution in [1.82, 2.24) is 0 Å². The molecular weight excluding hydrogens is 396 g/mol. The molecule has 1 aliphatic heterocycles. The molecule has 9 heteroatoms. The van der Waals surface area contributed by atoms with Crippen LogP contribution < -0.4 is 10.2 Å². The molecule has 2 aromatic carbocycles. The Balaban J connectivity index is 1.64. The number of fused-ring (bicyclic) bond motifs is 1. The van der Waals surface area contributed by atoms with Crippen molar-refractivity contribution >= 4 is 11.0 Å². The number of hydrogen-bond donors (Lipinski definition) is 5. The van der Waals surface area contributed by atoms with Gasteiger partial charge in [0.1, 0.15) is 29.4 Å². The summed E-state index contributed by atoms with van der Waals surface area (Å²) in [5.41, 5.74) is 0.832. The highest BCUT2D eigenvalue weighted by molar-refractivity contribution is 5.82. The smallest absolute Gasteiger partial charge is 0.234 e. The van der Waals surface area contributed by atoms with Crippen LogP contribution in [0.4, 0.5) is 0 Å². The topological polar surface area (TPSA) is 150 Å². The van der Waals surface area contributed by atoms with Crippen molar-refractivity contribution in [2.24, 2.45) is 0 Å². The minimum Gasteiger partial charge on any atom is -0.508 e. The molecule has 0 aliphatic carbocycles. The Hall–Kier alpha value is -3.53. The first-order valence-electron chi connectivity index (χ1n) is 8.97. The third kappa shape index (κ3) is 3.45. The third-order valence-corrected chi connectivity index (χ3v) is 4.75. The Labute approximate surface area is 169 Å². The molecule has 1 aliphatic rings. The number of phenolic OH excluding ortho intramolecular Hbond substituents is 1. The number of rotatable bonds is 4. The molecule has 156 valence electrons. The fourth-order valence-electron chi connectivity index (χ4n) is 3.12. The van der Waals surface area contributed by atoms with E-state index < -0.39 is 36.6 Å². The van der Waals surface area contributed by atoms with E-state index in [1.54, 1.807) is 12.1 Å². The van der Waals surface area contributed by atoms with Gasteiger partial charge in [0.05, 0.1) is 17.6 Å². The van der Waals surface area contributed by atoms with Crippen molar-refractivity contribution in [3.63, 3.8) is 0 Å². The second-order valence-corrected chi connectivity index (χ2v) is 6.69. The number of aliphatic hydroxyl groups excluding tert-OH is 4. The van der Waals surface area contributed by atoms with Gasteiger partial charge < -0.3 is 39.4 Å². The van der Waals surface area contributed by atoms with Crippen molar-refractivity contribution in [2.45, 2.75) is 18.5 Å². The molecule has 3 aromatic rings. The highest BCUT2D eigenvalue weighted by Gasteiger charge is 2.38. The molecule has 9 nitrogen and oxygen atoms in total. The Bertz CT molecular complexity index is 1160. The molecule has 2 heterocycles. The van der Waals surface area contributed by atoms with Crippen LogP contribution in [-0.2, 0) is 4.74 Å². The number of phenols is 1. The Morgan fingerprint density at radius 2 is 1.73 bits per heavy atom. The first kappa shape index (κ1) is 19.8. The molecule has 0 radical (unpaired) electrons. The van der Waals surface area contributed by atoms with Gasteiger partial charge in [-0.25, -0.2) is 0 Å². The second kappa shape index (κ2) is 7.71. The Morgan fingerprint density at radius 1 is 1.00 bits per heavy atom. The molecule has 3 atom stereocenters. The van der Waals surface area contributed by atoms with E-state index in [0.717, 1.165) is 0 Å². The van der Waals surface area contributed by atoms with Crippen molar-refractivity contribution in [2.75, 3.05) is 6.61 Å². The summed E-state index contributed by atoms with van der Waals surface area (Å²) in [4.78, 5) is 12.8. The van der Waals surface area contributed by atoms with E-state index in [0.29, 0.717) is 11.1 Å². The van der Waals surface area contributed by atoms with Crippen LogP contribution in [0.5, 0.6) is 11.5 Å². The molecule has 5 N–H and O–H groups in total. The van der Waals surface area contributed by atoms with Gasteiger partial charge in [0.15, 0.2) is 23.1 Å². The zero-order valence-electron chi connectivity index (χ0n) is 15.4. The largest absolute Gasteiger partial charge is 0.508 e. The summed E-state index contributed by atoms with van der Waals surface area (Å²) in [7, 11) is 0. The summed E-state index contributed by atoms with van der Waals surface area (Å²) < 4.78 is 16.3. The van der Waals surface area contributed by atoms with E-state index in [-0.39, 0.29) is 27.9 Å². The average molecular weight is 414 g/mol. The zero-order chi connectivity index (χ0) is 21.4. The highest BCUT2D eigenvalue weighted by Crippen LogP contribution is 2.28. The second-order valence-electron chi connectivity index (χ2n) is 6.69. The Kier molecular flexibility index (Phi) is 5.08. The predicted octanol–water partition coefficient (Wildman–Crippen LogP) is 1.95. The van der Waals surface area contributed by atoms with Crippen LogP contribution >= 0.6 is 0 Å². The molecule has 2 unspecified atom stereocenters. The number of ether oxygens (including phenoxy) is 2. The predicted molar refractivity (Wildman–Crippen MR) is 104 cm³/mol. The van der Waals surface area contributed by atoms with Gasteiger partial charge in [0.25, 0.3) is 0 Å². The molecule has 4 rings (SSSR count). The first-order valence-corrected chi connectivity index (χ1v) is 8.97. The quantitative estimate of drug-likeness (QED) is 0.432. The number of benzene rings is 2. The SMILES string of the molecule is O=c1c(-c2ccc(O)cc2)coc2cc(O[C@@H]3OC(CO)C(O)=C(O)C3O)ccc12. The van der Waals surface area contributed by atoms with Crippen LogP contribution in [0.3, 0.4) is 0 Å². The van der Waals surface area contributed by atoms with Crippen LogP contribution in [0.1, 0.15) is 0 Å². The molecule has 30 heavy (non-hydrogen) atoms. The van der Waals surface area contributed by atoms with E-state index in [1.165, 1.54) is 36.6 Å². The summed E-state index contributed by atoms with van der Waals surface area (Å²) in [5.74, 6) is -1.18. The monoisotopic (exact) mass is 414 g/mol. The molecule has 0 bridgehead atoms. The molecule has 0 spiro atoms. The fraction of sp³-hybridized carbons (Fsp3) is 0.190. The van der Waals surface area contributed by atoms with Gasteiger partial charge in [-0.1, -0.05) is 12.1 Å². The summed E-state index contributed by atoms with van der Waals surface area (Å²) in [6.45, 7) is -0.630. The van der Waals surface area contributed by atoms with Crippen molar-refractivity contribution in [1.29, 1.82) is 0 Å². The van der Waals surface area contributed by atoms with E-state index in [2.05, 4.69) is 0 Å². The summed E-state index contributed by atoms with van der Waals surface area (Å²) in [5, 5.41) is 48.4. The zero-order valence-corrected chi connectivity index (χ0v) is 15.4. The molecule has 0 saturated carbocycles. The maximum absolute atomic E-state index is 12.8. The van der Waals surface area contributed by atoms with Gasteiger partial charge in [-0.05, 0) is 29.8 Å². The van der Waals surface area contributed by atoms with E-state index in [4.69, 9.17) is 13.9 Å². The van der Waals surface area contributed by atoms with Gasteiger partial charge in [-0.2, -0.15) is 0 Å².